The van der Waals surface area contributed by atoms with Crippen LogP contribution in [0.3, 0.4) is 0 Å². The number of carbonyl (C=O) groups excluding carboxylic acids is 1. The molecular weight excluding hydrogens is 401 g/mol. The average Bonchev–Trinajstić information content (AvgIpc) is 3.22. The molecule has 0 saturated carbocycles. The molecule has 3 rings (SSSR count). The van der Waals surface area contributed by atoms with Gasteiger partial charge in [-0.1, -0.05) is 18.2 Å². The molecule has 3 aromatic rings. The Labute approximate surface area is 165 Å². The van der Waals surface area contributed by atoms with Crippen LogP contribution in [0.25, 0.3) is 0 Å². The second-order valence-electron chi connectivity index (χ2n) is 5.76. The summed E-state index contributed by atoms with van der Waals surface area (Å²) >= 11 is 1.11. The minimum absolute atomic E-state index is 0.205. The molecule has 0 aliphatic carbocycles. The number of hydrogen-bond donors (Lipinski definition) is 2. The summed E-state index contributed by atoms with van der Waals surface area (Å²) in [6, 6.07) is 15.0. The zero-order valence-corrected chi connectivity index (χ0v) is 16.4. The van der Waals surface area contributed by atoms with Crippen molar-refractivity contribution < 1.29 is 17.6 Å². The van der Waals surface area contributed by atoms with E-state index in [2.05, 4.69) is 15.2 Å². The first-order valence-electron chi connectivity index (χ1n) is 8.12. The van der Waals surface area contributed by atoms with E-state index in [0.29, 0.717) is 22.5 Å². The maximum Gasteiger partial charge on any atom is 0.271 e. The molecule has 1 amide bonds. The lowest BCUT2D eigenvalue weighted by atomic mass is 10.1. The molecule has 0 atom stereocenters. The topological polar surface area (TPSA) is 87.6 Å². The number of benzene rings is 2. The first-order chi connectivity index (χ1) is 13.3. The quantitative estimate of drug-likeness (QED) is 0.472. The molecule has 6 nitrogen and oxygen atoms in total. The average molecular weight is 417 g/mol. The number of nitrogens with zero attached hydrogens (tertiary/aromatic N) is 1. The van der Waals surface area contributed by atoms with Crippen molar-refractivity contribution >= 4 is 38.7 Å². The Morgan fingerprint density at radius 3 is 2.43 bits per heavy atom. The van der Waals surface area contributed by atoms with Crippen LogP contribution in [0.4, 0.5) is 10.1 Å². The van der Waals surface area contributed by atoms with Crippen molar-refractivity contribution in [1.29, 1.82) is 0 Å². The van der Waals surface area contributed by atoms with Gasteiger partial charge in [0.2, 0.25) is 0 Å². The molecule has 144 valence electrons. The first kappa shape index (κ1) is 19.7. The van der Waals surface area contributed by atoms with Crippen LogP contribution in [0, 0.1) is 5.82 Å². The lowest BCUT2D eigenvalue weighted by Gasteiger charge is -2.07. The van der Waals surface area contributed by atoms with Crippen molar-refractivity contribution in [1.82, 2.24) is 5.43 Å². The van der Waals surface area contributed by atoms with Gasteiger partial charge in [0.15, 0.2) is 0 Å². The highest BCUT2D eigenvalue weighted by atomic mass is 32.2. The summed E-state index contributed by atoms with van der Waals surface area (Å²) in [6.07, 6.45) is 0. The van der Waals surface area contributed by atoms with Gasteiger partial charge in [0, 0.05) is 16.8 Å². The minimum atomic E-state index is -3.64. The Morgan fingerprint density at radius 2 is 1.79 bits per heavy atom. The molecule has 0 aliphatic heterocycles. The van der Waals surface area contributed by atoms with Crippen molar-refractivity contribution in [3.05, 3.63) is 83.0 Å². The second kappa shape index (κ2) is 8.32. The van der Waals surface area contributed by atoms with E-state index in [9.17, 15) is 17.6 Å². The molecule has 28 heavy (non-hydrogen) atoms. The van der Waals surface area contributed by atoms with Crippen molar-refractivity contribution in [2.45, 2.75) is 11.1 Å². The van der Waals surface area contributed by atoms with Gasteiger partial charge in [-0.15, -0.1) is 11.3 Å². The summed E-state index contributed by atoms with van der Waals surface area (Å²) in [4.78, 5) is 12.2. The molecule has 0 radical (unpaired) electrons. The first-order valence-corrected chi connectivity index (χ1v) is 10.5. The fourth-order valence-electron chi connectivity index (χ4n) is 2.29. The number of carbonyl (C=O) groups is 1. The minimum Gasteiger partial charge on any atom is -0.279 e. The lowest BCUT2D eigenvalue weighted by Crippen LogP contribution is -2.19. The smallest absolute Gasteiger partial charge is 0.271 e. The van der Waals surface area contributed by atoms with Crippen molar-refractivity contribution in [2.24, 2.45) is 5.10 Å². The summed E-state index contributed by atoms with van der Waals surface area (Å²) in [6.45, 7) is 1.65. The monoisotopic (exact) mass is 417 g/mol. The van der Waals surface area contributed by atoms with Gasteiger partial charge in [0.1, 0.15) is 10.0 Å². The Morgan fingerprint density at radius 1 is 1.04 bits per heavy atom. The molecule has 1 aromatic heterocycles. The fourth-order valence-corrected chi connectivity index (χ4v) is 4.34. The van der Waals surface area contributed by atoms with Gasteiger partial charge in [-0.2, -0.15) is 5.10 Å². The maximum atomic E-state index is 13.2. The number of anilines is 1. The van der Waals surface area contributed by atoms with Crippen LogP contribution in [-0.2, 0) is 10.0 Å². The van der Waals surface area contributed by atoms with Gasteiger partial charge >= 0.3 is 0 Å². The summed E-state index contributed by atoms with van der Waals surface area (Å²) in [5.41, 5.74) is 4.04. The molecule has 0 fully saturated rings. The molecule has 0 saturated heterocycles. The van der Waals surface area contributed by atoms with Crippen LogP contribution in [0.1, 0.15) is 22.8 Å². The summed E-state index contributed by atoms with van der Waals surface area (Å²) in [7, 11) is -3.64. The fraction of sp³-hybridized carbons (Fsp3) is 0.0526. The van der Waals surface area contributed by atoms with Crippen LogP contribution in [-0.4, -0.2) is 20.0 Å². The van der Waals surface area contributed by atoms with Crippen LogP contribution in [0.2, 0.25) is 0 Å². The molecule has 0 spiro atoms. The van der Waals surface area contributed by atoms with Gasteiger partial charge in [0.25, 0.3) is 15.9 Å². The normalized spacial score (nSPS) is 11.9. The number of amides is 1. The van der Waals surface area contributed by atoms with Crippen molar-refractivity contribution in [2.75, 3.05) is 4.72 Å². The third kappa shape index (κ3) is 4.81. The van der Waals surface area contributed by atoms with Gasteiger partial charge in [-0.3, -0.25) is 9.52 Å². The van der Waals surface area contributed by atoms with E-state index in [1.165, 1.54) is 42.5 Å². The maximum absolute atomic E-state index is 13.2. The van der Waals surface area contributed by atoms with E-state index < -0.39 is 15.9 Å². The van der Waals surface area contributed by atoms with Crippen LogP contribution < -0.4 is 10.1 Å². The summed E-state index contributed by atoms with van der Waals surface area (Å²) in [5, 5.41) is 5.64. The highest BCUT2D eigenvalue weighted by Gasteiger charge is 2.15. The molecule has 0 aliphatic rings. The summed E-state index contributed by atoms with van der Waals surface area (Å²) in [5.74, 6) is -0.859. The van der Waals surface area contributed by atoms with E-state index in [0.717, 1.165) is 11.3 Å². The number of sulfonamides is 1. The predicted molar refractivity (Wildman–Crippen MR) is 108 cm³/mol. The van der Waals surface area contributed by atoms with E-state index in [1.54, 1.807) is 30.5 Å². The predicted octanol–water partition coefficient (Wildman–Crippen LogP) is 3.84. The van der Waals surface area contributed by atoms with Gasteiger partial charge < -0.3 is 0 Å². The number of thiophene rings is 1. The van der Waals surface area contributed by atoms with Gasteiger partial charge in [-0.05, 0) is 54.8 Å². The van der Waals surface area contributed by atoms with E-state index in [4.69, 9.17) is 0 Å². The highest BCUT2D eigenvalue weighted by molar-refractivity contribution is 7.94. The van der Waals surface area contributed by atoms with Crippen LogP contribution in [0.15, 0.2) is 75.4 Å². The molecule has 0 unspecified atom stereocenters. The zero-order chi connectivity index (χ0) is 20.1. The Kier molecular flexibility index (Phi) is 5.86. The summed E-state index contributed by atoms with van der Waals surface area (Å²) < 4.78 is 40.3. The SMILES string of the molecule is C/C(=N\NC(=O)c1ccc(NS(=O)(=O)c2cccs2)cc1)c1cccc(F)c1. The van der Waals surface area contributed by atoms with E-state index in [-0.39, 0.29) is 10.0 Å². The molecule has 9 heteroatoms. The number of hydrogen-bond acceptors (Lipinski definition) is 5. The van der Waals surface area contributed by atoms with Crippen molar-refractivity contribution in [3.8, 4) is 0 Å². The Hall–Kier alpha value is -3.04. The number of nitrogens with one attached hydrogen (secondary N) is 2. The number of halogens is 1. The lowest BCUT2D eigenvalue weighted by molar-refractivity contribution is 0.0955. The highest BCUT2D eigenvalue weighted by Crippen LogP contribution is 2.20. The molecular formula is C19H16FN3O3S2. The Bertz CT molecular complexity index is 1110. The van der Waals surface area contributed by atoms with Crippen LogP contribution in [0.5, 0.6) is 0 Å². The van der Waals surface area contributed by atoms with E-state index in [1.807, 2.05) is 0 Å². The largest absolute Gasteiger partial charge is 0.279 e. The van der Waals surface area contributed by atoms with E-state index >= 15 is 0 Å². The zero-order valence-electron chi connectivity index (χ0n) is 14.7. The molecule has 2 aromatic carbocycles. The van der Waals surface area contributed by atoms with Crippen LogP contribution >= 0.6 is 11.3 Å². The Balaban J connectivity index is 1.66. The number of hydrazone groups is 1. The standard InChI is InChI=1S/C19H16FN3O3S2/c1-13(15-4-2-5-16(20)12-15)21-22-19(24)14-7-9-17(10-8-14)23-28(25,26)18-6-3-11-27-18/h2-12,23H,1H3,(H,22,24)/b21-13+. The molecule has 2 N–H and O–H groups in total. The third-order valence-electron chi connectivity index (χ3n) is 3.73. The number of rotatable bonds is 6. The van der Waals surface area contributed by atoms with Gasteiger partial charge in [0.05, 0.1) is 5.71 Å². The van der Waals surface area contributed by atoms with Crippen molar-refractivity contribution in [3.63, 3.8) is 0 Å². The second-order valence-corrected chi connectivity index (χ2v) is 8.62. The molecule has 0 bridgehead atoms. The van der Waals surface area contributed by atoms with Gasteiger partial charge in [-0.25, -0.2) is 18.2 Å². The third-order valence-corrected chi connectivity index (χ3v) is 6.51. The molecule has 1 heterocycles.